The minimum atomic E-state index is -0.157. The molecule has 0 bridgehead atoms. The fourth-order valence-electron chi connectivity index (χ4n) is 6.75. The smallest absolute Gasteiger partial charge is 0.220 e. The summed E-state index contributed by atoms with van der Waals surface area (Å²) in [6.45, 7) is 1.90. The van der Waals surface area contributed by atoms with Crippen LogP contribution in [-0.2, 0) is 11.2 Å². The lowest BCUT2D eigenvalue weighted by Crippen LogP contribution is -2.45. The molecule has 3 aromatic heterocycles. The van der Waals surface area contributed by atoms with E-state index in [1.165, 1.54) is 11.9 Å². The van der Waals surface area contributed by atoms with Gasteiger partial charge in [-0.25, -0.2) is 19.6 Å². The number of nitrogens with two attached hydrogens (primary N) is 2. The summed E-state index contributed by atoms with van der Waals surface area (Å²) in [5.74, 6) is 1.24. The third kappa shape index (κ3) is 4.93. The Morgan fingerprint density at radius 3 is 2.46 bits per heavy atom. The van der Waals surface area contributed by atoms with Crippen LogP contribution in [0.3, 0.4) is 0 Å². The number of carbonyl (C=O) groups excluding carboxylic acids is 1. The average molecular weight is 550 g/mol. The van der Waals surface area contributed by atoms with Gasteiger partial charge in [-0.3, -0.25) is 4.79 Å². The number of amides is 1. The fraction of sp³-hybridized carbons (Fsp3) is 0.387. The molecule has 4 heterocycles. The van der Waals surface area contributed by atoms with Gasteiger partial charge in [0.05, 0.1) is 22.5 Å². The second-order valence-corrected chi connectivity index (χ2v) is 11.5. The Hall–Kier alpha value is -4.31. The third-order valence-electron chi connectivity index (χ3n) is 9.00. The van der Waals surface area contributed by atoms with Crippen LogP contribution in [0.15, 0.2) is 54.9 Å². The van der Waals surface area contributed by atoms with Crippen molar-refractivity contribution in [3.63, 3.8) is 0 Å². The minimum Gasteiger partial charge on any atom is -0.383 e. The number of nitrogens with one attached hydrogen (secondary N) is 1. The Morgan fingerprint density at radius 2 is 1.71 bits per heavy atom. The molecule has 5 N–H and O–H groups in total. The molecule has 1 saturated heterocycles. The molecule has 5 aromatic rings. The van der Waals surface area contributed by atoms with Crippen molar-refractivity contribution in [3.05, 3.63) is 66.2 Å². The molecule has 10 heteroatoms. The highest BCUT2D eigenvalue weighted by Gasteiger charge is 2.32. The van der Waals surface area contributed by atoms with Gasteiger partial charge in [0.15, 0.2) is 5.65 Å². The first-order chi connectivity index (χ1) is 20.0. The summed E-state index contributed by atoms with van der Waals surface area (Å²) in [4.78, 5) is 31.4. The van der Waals surface area contributed by atoms with Crippen molar-refractivity contribution >= 4 is 33.8 Å². The van der Waals surface area contributed by atoms with Gasteiger partial charge in [0, 0.05) is 23.9 Å². The van der Waals surface area contributed by atoms with Crippen molar-refractivity contribution in [2.45, 2.75) is 57.0 Å². The van der Waals surface area contributed by atoms with Gasteiger partial charge < -0.3 is 21.4 Å². The molecule has 0 atom stereocenters. The van der Waals surface area contributed by atoms with E-state index in [1.807, 2.05) is 18.2 Å². The Labute approximate surface area is 238 Å². The van der Waals surface area contributed by atoms with Crippen LogP contribution in [-0.4, -0.2) is 59.7 Å². The first-order valence-corrected chi connectivity index (χ1v) is 14.6. The monoisotopic (exact) mass is 549 g/mol. The van der Waals surface area contributed by atoms with Gasteiger partial charge in [-0.1, -0.05) is 36.4 Å². The minimum absolute atomic E-state index is 0.0257. The van der Waals surface area contributed by atoms with Crippen LogP contribution in [0.2, 0.25) is 0 Å². The Balaban J connectivity index is 1.14. The number of H-pyrrole nitrogens is 1. The average Bonchev–Trinajstić information content (AvgIpc) is 3.59. The van der Waals surface area contributed by atoms with Gasteiger partial charge in [-0.05, 0) is 69.3 Å². The maximum Gasteiger partial charge on any atom is 0.220 e. The zero-order chi connectivity index (χ0) is 27.9. The van der Waals surface area contributed by atoms with E-state index in [1.54, 1.807) is 0 Å². The van der Waals surface area contributed by atoms with E-state index in [2.05, 4.69) is 54.9 Å². The van der Waals surface area contributed by atoms with E-state index in [0.29, 0.717) is 11.9 Å². The highest BCUT2D eigenvalue weighted by molar-refractivity contribution is 5.99. The summed E-state index contributed by atoms with van der Waals surface area (Å²) in [5.41, 5.74) is 17.6. The highest BCUT2D eigenvalue weighted by Crippen LogP contribution is 2.38. The van der Waals surface area contributed by atoms with Crippen molar-refractivity contribution in [2.75, 3.05) is 18.8 Å². The maximum absolute atomic E-state index is 11.6. The van der Waals surface area contributed by atoms with Crippen LogP contribution in [0.4, 0.5) is 5.82 Å². The first-order valence-electron chi connectivity index (χ1n) is 14.6. The number of nitrogens with zero attached hydrogens (tertiary/aromatic N) is 6. The van der Waals surface area contributed by atoms with Crippen molar-refractivity contribution in [2.24, 2.45) is 11.7 Å². The Bertz CT molecular complexity index is 1690. The van der Waals surface area contributed by atoms with E-state index in [0.717, 1.165) is 97.2 Å². The lowest BCUT2D eigenvalue weighted by molar-refractivity contribution is -0.123. The number of primary amides is 1. The predicted molar refractivity (Wildman–Crippen MR) is 159 cm³/mol. The van der Waals surface area contributed by atoms with Gasteiger partial charge in [-0.2, -0.15) is 5.10 Å². The number of benzene rings is 2. The molecule has 0 radical (unpaired) electrons. The van der Waals surface area contributed by atoms with Crippen LogP contribution >= 0.6 is 0 Å². The quantitative estimate of drug-likeness (QED) is 0.287. The summed E-state index contributed by atoms with van der Waals surface area (Å²) >= 11 is 0. The lowest BCUT2D eigenvalue weighted by atomic mass is 9.87. The topological polar surface area (TPSA) is 145 Å². The molecule has 0 unspecified atom stereocenters. The van der Waals surface area contributed by atoms with Gasteiger partial charge in [-0.15, -0.1) is 0 Å². The third-order valence-corrected chi connectivity index (χ3v) is 9.00. The van der Waals surface area contributed by atoms with E-state index < -0.39 is 0 Å². The molecule has 1 amide bonds. The van der Waals surface area contributed by atoms with E-state index >= 15 is 0 Å². The number of carbonyl (C=O) groups is 1. The molecule has 7 rings (SSSR count). The molecule has 210 valence electrons. The second-order valence-electron chi connectivity index (χ2n) is 11.5. The summed E-state index contributed by atoms with van der Waals surface area (Å²) < 4.78 is 2.08. The molecule has 10 nitrogen and oxygen atoms in total. The number of rotatable bonds is 6. The van der Waals surface area contributed by atoms with Crippen molar-refractivity contribution in [3.8, 4) is 11.3 Å². The highest BCUT2D eigenvalue weighted by atomic mass is 16.1. The summed E-state index contributed by atoms with van der Waals surface area (Å²) in [6, 6.07) is 17.3. The maximum atomic E-state index is 11.6. The van der Waals surface area contributed by atoms with E-state index in [4.69, 9.17) is 21.5 Å². The number of aromatic amines is 1. The zero-order valence-corrected chi connectivity index (χ0v) is 23.0. The molecule has 1 aliphatic heterocycles. The SMILES string of the molecule is NC(=O)C1CCN([C@H]2CC[C@H](n3nc(-c4ccc5[nH]c(Cc6ccccc6)nc5c4)c4c(N)ncnc43)CC2)CC1. The van der Waals surface area contributed by atoms with Crippen molar-refractivity contribution in [1.29, 1.82) is 0 Å². The van der Waals surface area contributed by atoms with Gasteiger partial charge in [0.25, 0.3) is 0 Å². The van der Waals surface area contributed by atoms with Crippen LogP contribution in [0, 0.1) is 5.92 Å². The largest absolute Gasteiger partial charge is 0.383 e. The van der Waals surface area contributed by atoms with E-state index in [-0.39, 0.29) is 17.9 Å². The molecular weight excluding hydrogens is 514 g/mol. The van der Waals surface area contributed by atoms with E-state index in [9.17, 15) is 4.79 Å². The first kappa shape index (κ1) is 25.6. The molecule has 2 aliphatic rings. The number of likely N-dealkylation sites (tertiary alicyclic amines) is 1. The normalized spacial score (nSPS) is 20.6. The lowest BCUT2D eigenvalue weighted by Gasteiger charge is -2.40. The Morgan fingerprint density at radius 1 is 0.951 bits per heavy atom. The number of imidazole rings is 1. The molecule has 2 aromatic carbocycles. The molecule has 2 fully saturated rings. The zero-order valence-electron chi connectivity index (χ0n) is 23.0. The molecular formula is C31H35N9O. The number of piperidine rings is 1. The van der Waals surface area contributed by atoms with Crippen LogP contribution in [0.1, 0.15) is 56.0 Å². The number of hydrogen-bond acceptors (Lipinski definition) is 7. The van der Waals surface area contributed by atoms with Crippen molar-refractivity contribution < 1.29 is 4.79 Å². The summed E-state index contributed by atoms with van der Waals surface area (Å²) in [7, 11) is 0. The molecule has 41 heavy (non-hydrogen) atoms. The standard InChI is InChI=1S/C31H35N9O/c32-29-27-28(21-6-11-24-25(17-21)37-26(36-24)16-19-4-2-1-3-5-19)38-40(31(27)35-18-34-29)23-9-7-22(8-10-23)39-14-12-20(13-15-39)30(33)41/h1-6,11,17-18,20,22-23H,7-10,12-16H2,(H2,33,41)(H,36,37)(H2,32,34,35)/t22-,23-. The van der Waals surface area contributed by atoms with Crippen LogP contribution in [0.25, 0.3) is 33.3 Å². The summed E-state index contributed by atoms with van der Waals surface area (Å²) in [5, 5.41) is 5.92. The van der Waals surface area contributed by atoms with Gasteiger partial charge in [0.1, 0.15) is 23.7 Å². The second kappa shape index (κ2) is 10.6. The van der Waals surface area contributed by atoms with Gasteiger partial charge >= 0.3 is 0 Å². The van der Waals surface area contributed by atoms with Crippen LogP contribution < -0.4 is 11.5 Å². The number of anilines is 1. The number of hydrogen-bond donors (Lipinski definition) is 3. The number of aromatic nitrogens is 6. The number of fused-ring (bicyclic) bond motifs is 2. The Kier molecular flexibility index (Phi) is 6.62. The fourth-order valence-corrected chi connectivity index (χ4v) is 6.75. The molecule has 1 aliphatic carbocycles. The van der Waals surface area contributed by atoms with Crippen molar-refractivity contribution in [1.82, 2.24) is 34.6 Å². The number of nitrogen functional groups attached to an aromatic ring is 1. The molecule has 0 spiro atoms. The summed E-state index contributed by atoms with van der Waals surface area (Å²) in [6.07, 6.45) is 8.22. The molecule has 1 saturated carbocycles. The predicted octanol–water partition coefficient (Wildman–Crippen LogP) is 4.22. The van der Waals surface area contributed by atoms with Gasteiger partial charge in [0.2, 0.25) is 5.91 Å². The van der Waals surface area contributed by atoms with Crippen LogP contribution in [0.5, 0.6) is 0 Å².